The number of nitrogens with two attached hydrogens (primary N) is 1. The van der Waals surface area contributed by atoms with Gasteiger partial charge < -0.3 is 5.73 Å². The molecule has 0 radical (unpaired) electrons. The molecular formula is C13H9BrN2S. The lowest BCUT2D eigenvalue weighted by atomic mass is 10.2. The summed E-state index contributed by atoms with van der Waals surface area (Å²) in [5.41, 5.74) is 7.45. The zero-order chi connectivity index (χ0) is 11.8. The number of halogens is 1. The second-order valence-corrected chi connectivity index (χ2v) is 5.77. The van der Waals surface area contributed by atoms with Crippen molar-refractivity contribution in [3.8, 4) is 10.6 Å². The Kier molecular flexibility index (Phi) is 2.61. The molecule has 0 saturated carbocycles. The minimum atomic E-state index is 0.744. The molecule has 0 atom stereocenters. The first-order valence-corrected chi connectivity index (χ1v) is 6.74. The summed E-state index contributed by atoms with van der Waals surface area (Å²) in [4.78, 5) is 5.49. The van der Waals surface area contributed by atoms with Crippen molar-refractivity contribution in [2.24, 2.45) is 0 Å². The molecular weight excluding hydrogens is 296 g/mol. The molecule has 0 saturated heterocycles. The molecule has 17 heavy (non-hydrogen) atoms. The van der Waals surface area contributed by atoms with E-state index >= 15 is 0 Å². The third-order valence-corrected chi connectivity index (χ3v) is 4.15. The summed E-state index contributed by atoms with van der Waals surface area (Å²) in [7, 11) is 0. The number of hydrogen-bond acceptors (Lipinski definition) is 3. The molecule has 0 unspecified atom stereocenters. The van der Waals surface area contributed by atoms with E-state index in [1.54, 1.807) is 23.6 Å². The summed E-state index contributed by atoms with van der Waals surface area (Å²) in [5.74, 6) is 0. The summed E-state index contributed by atoms with van der Waals surface area (Å²) in [6.45, 7) is 0. The minimum absolute atomic E-state index is 0.744. The monoisotopic (exact) mass is 304 g/mol. The molecule has 2 N–H and O–H groups in total. The molecule has 1 aromatic carbocycles. The fourth-order valence-corrected chi connectivity index (χ4v) is 3.11. The molecule has 4 heteroatoms. The zero-order valence-electron chi connectivity index (χ0n) is 8.85. The maximum Gasteiger partial charge on any atom is 0.0822 e. The highest BCUT2D eigenvalue weighted by Crippen LogP contribution is 2.34. The first-order valence-electron chi connectivity index (χ1n) is 5.13. The van der Waals surface area contributed by atoms with Gasteiger partial charge in [-0.2, -0.15) is 0 Å². The highest BCUT2D eigenvalue weighted by Gasteiger charge is 2.05. The maximum absolute atomic E-state index is 5.77. The summed E-state index contributed by atoms with van der Waals surface area (Å²) >= 11 is 5.21. The van der Waals surface area contributed by atoms with Crippen LogP contribution in [0.4, 0.5) is 5.69 Å². The van der Waals surface area contributed by atoms with Crippen molar-refractivity contribution in [1.29, 1.82) is 0 Å². The van der Waals surface area contributed by atoms with Crippen molar-refractivity contribution in [1.82, 2.24) is 4.98 Å². The van der Waals surface area contributed by atoms with Crippen LogP contribution >= 0.6 is 27.3 Å². The van der Waals surface area contributed by atoms with Gasteiger partial charge in [-0.15, -0.1) is 11.3 Å². The Morgan fingerprint density at radius 1 is 1.12 bits per heavy atom. The largest absolute Gasteiger partial charge is 0.399 e. The Morgan fingerprint density at radius 2 is 2.00 bits per heavy atom. The van der Waals surface area contributed by atoms with Gasteiger partial charge in [-0.1, -0.05) is 15.9 Å². The maximum atomic E-state index is 5.77. The first kappa shape index (κ1) is 10.7. The molecule has 0 aliphatic carbocycles. The van der Waals surface area contributed by atoms with Gasteiger partial charge in [0.2, 0.25) is 0 Å². The number of pyridine rings is 1. The normalized spacial score (nSPS) is 10.9. The highest BCUT2D eigenvalue weighted by atomic mass is 79.9. The second-order valence-electron chi connectivity index (χ2n) is 3.77. The standard InChI is InChI=1S/C13H9BrN2S/c14-9-1-2-12-8(5-9)6-13(17-12)11-7-10(15)3-4-16-11/h1-7H,(H2,15,16). The third-order valence-electron chi connectivity index (χ3n) is 2.51. The predicted molar refractivity (Wildman–Crippen MR) is 77.2 cm³/mol. The van der Waals surface area contributed by atoms with Crippen LogP contribution in [0.15, 0.2) is 47.1 Å². The van der Waals surface area contributed by atoms with Crippen LogP contribution in [0.5, 0.6) is 0 Å². The van der Waals surface area contributed by atoms with E-state index in [0.29, 0.717) is 0 Å². The van der Waals surface area contributed by atoms with E-state index in [-0.39, 0.29) is 0 Å². The fraction of sp³-hybridized carbons (Fsp3) is 0. The summed E-state index contributed by atoms with van der Waals surface area (Å²) in [5, 5.41) is 1.23. The van der Waals surface area contributed by atoms with Crippen molar-refractivity contribution in [2.45, 2.75) is 0 Å². The number of hydrogen-bond donors (Lipinski definition) is 1. The lowest BCUT2D eigenvalue weighted by molar-refractivity contribution is 1.34. The zero-order valence-corrected chi connectivity index (χ0v) is 11.3. The van der Waals surface area contributed by atoms with Crippen LogP contribution < -0.4 is 5.73 Å². The Hall–Kier alpha value is -1.39. The van der Waals surface area contributed by atoms with Gasteiger partial charge in [0.15, 0.2) is 0 Å². The molecule has 0 spiro atoms. The molecule has 0 fully saturated rings. The Morgan fingerprint density at radius 3 is 2.82 bits per heavy atom. The van der Waals surface area contributed by atoms with E-state index in [0.717, 1.165) is 20.7 Å². The lowest BCUT2D eigenvalue weighted by Crippen LogP contribution is -1.86. The van der Waals surface area contributed by atoms with Gasteiger partial charge in [-0.25, -0.2) is 0 Å². The van der Waals surface area contributed by atoms with Gasteiger partial charge in [0.1, 0.15) is 0 Å². The van der Waals surface area contributed by atoms with Crippen LogP contribution in [0.25, 0.3) is 20.7 Å². The lowest BCUT2D eigenvalue weighted by Gasteiger charge is -1.96. The number of nitrogens with zero attached hydrogens (tertiary/aromatic N) is 1. The molecule has 0 amide bonds. The highest BCUT2D eigenvalue weighted by molar-refractivity contribution is 9.10. The van der Waals surface area contributed by atoms with Gasteiger partial charge in [0.25, 0.3) is 0 Å². The number of anilines is 1. The van der Waals surface area contributed by atoms with Crippen LogP contribution in [0.3, 0.4) is 0 Å². The summed E-state index contributed by atoms with van der Waals surface area (Å²) in [6, 6.07) is 12.1. The number of rotatable bonds is 1. The van der Waals surface area contributed by atoms with Crippen LogP contribution in [0, 0.1) is 0 Å². The quantitative estimate of drug-likeness (QED) is 0.727. The number of thiophene rings is 1. The molecule has 84 valence electrons. The van der Waals surface area contributed by atoms with Crippen LogP contribution in [-0.4, -0.2) is 4.98 Å². The van der Waals surface area contributed by atoms with Gasteiger partial charge in [-0.05, 0) is 41.8 Å². The van der Waals surface area contributed by atoms with E-state index in [9.17, 15) is 0 Å². The molecule has 0 bridgehead atoms. The summed E-state index contributed by atoms with van der Waals surface area (Å²) in [6.07, 6.45) is 1.74. The number of aromatic nitrogens is 1. The average molecular weight is 305 g/mol. The molecule has 2 aromatic heterocycles. The molecule has 3 aromatic rings. The summed E-state index contributed by atoms with van der Waals surface area (Å²) < 4.78 is 2.35. The number of nitrogen functional groups attached to an aromatic ring is 1. The molecule has 0 aliphatic rings. The third kappa shape index (κ3) is 2.06. The Labute approximate surface area is 111 Å². The van der Waals surface area contributed by atoms with E-state index in [4.69, 9.17) is 5.73 Å². The van der Waals surface area contributed by atoms with Crippen molar-refractivity contribution in [3.05, 3.63) is 47.1 Å². The number of benzene rings is 1. The van der Waals surface area contributed by atoms with Gasteiger partial charge >= 0.3 is 0 Å². The molecule has 0 aliphatic heterocycles. The Balaban J connectivity index is 2.18. The topological polar surface area (TPSA) is 38.9 Å². The van der Waals surface area contributed by atoms with Gasteiger partial charge in [0, 0.05) is 21.1 Å². The van der Waals surface area contributed by atoms with Crippen molar-refractivity contribution in [2.75, 3.05) is 5.73 Å². The van der Waals surface area contributed by atoms with Crippen molar-refractivity contribution in [3.63, 3.8) is 0 Å². The van der Waals surface area contributed by atoms with E-state index in [1.807, 2.05) is 6.07 Å². The Bertz CT molecular complexity index is 691. The fourth-order valence-electron chi connectivity index (χ4n) is 1.72. The van der Waals surface area contributed by atoms with Gasteiger partial charge in [0.05, 0.1) is 10.6 Å². The molecule has 3 rings (SSSR count). The SMILES string of the molecule is Nc1ccnc(-c2cc3cc(Br)ccc3s2)c1. The predicted octanol–water partition coefficient (Wildman–Crippen LogP) is 4.31. The van der Waals surface area contributed by atoms with Crippen LogP contribution in [-0.2, 0) is 0 Å². The van der Waals surface area contributed by atoms with Crippen molar-refractivity contribution >= 4 is 43.0 Å². The van der Waals surface area contributed by atoms with E-state index in [2.05, 4.69) is 45.2 Å². The van der Waals surface area contributed by atoms with E-state index < -0.39 is 0 Å². The smallest absolute Gasteiger partial charge is 0.0822 e. The second kappa shape index (κ2) is 4.13. The number of fused-ring (bicyclic) bond motifs is 1. The first-order chi connectivity index (χ1) is 8.22. The van der Waals surface area contributed by atoms with Crippen LogP contribution in [0.2, 0.25) is 0 Å². The molecule has 2 heterocycles. The van der Waals surface area contributed by atoms with Gasteiger partial charge in [-0.3, -0.25) is 4.98 Å². The van der Waals surface area contributed by atoms with E-state index in [1.165, 1.54) is 10.1 Å². The minimum Gasteiger partial charge on any atom is -0.399 e. The van der Waals surface area contributed by atoms with Crippen molar-refractivity contribution < 1.29 is 0 Å². The van der Waals surface area contributed by atoms with Crippen LogP contribution in [0.1, 0.15) is 0 Å². The molecule has 2 nitrogen and oxygen atoms in total. The average Bonchev–Trinajstić information content (AvgIpc) is 2.72.